The zero-order valence-electron chi connectivity index (χ0n) is 9.09. The molecule has 0 spiro atoms. The minimum atomic E-state index is -5.68. The molecule has 0 aliphatic heterocycles. The average Bonchev–Trinajstić information content (AvgIpc) is 2.61. The monoisotopic (exact) mass is 329 g/mol. The van der Waals surface area contributed by atoms with Crippen LogP contribution in [0.3, 0.4) is 0 Å². The molecule has 0 saturated heterocycles. The van der Waals surface area contributed by atoms with Crippen molar-refractivity contribution in [3.05, 3.63) is 0 Å². The molecule has 2 fully saturated rings. The topological polar surface area (TPSA) is 0 Å². The second-order valence-electron chi connectivity index (χ2n) is 5.11. The Balaban J connectivity index is 2.64. The lowest BCUT2D eigenvalue weighted by Crippen LogP contribution is -2.64. The molecule has 4 atom stereocenters. The molecular weight excluding hydrogens is 321 g/mol. The Morgan fingerprint density at radius 2 is 1.61 bits per heavy atom. The first-order chi connectivity index (χ1) is 7.92. The number of hydrogen-bond donors (Lipinski definition) is 0. The van der Waals surface area contributed by atoms with E-state index in [1.54, 1.807) is 0 Å². The lowest BCUT2D eigenvalue weighted by molar-refractivity contribution is -0.318. The Morgan fingerprint density at radius 1 is 1.11 bits per heavy atom. The van der Waals surface area contributed by atoms with Crippen molar-refractivity contribution in [2.75, 3.05) is 0 Å². The molecule has 0 aromatic rings. The summed E-state index contributed by atoms with van der Waals surface area (Å²) in [5.74, 6) is -6.84. The SMILES string of the molecule is CC1CC2([Si](Cl)Cl)CC1C(F)(F)C2(F)C(F)(F)F. The van der Waals surface area contributed by atoms with E-state index in [0.717, 1.165) is 0 Å². The highest BCUT2D eigenvalue weighted by molar-refractivity contribution is 7.35. The van der Waals surface area contributed by atoms with E-state index < -0.39 is 48.5 Å². The number of alkyl halides is 6. The van der Waals surface area contributed by atoms with Crippen molar-refractivity contribution in [2.24, 2.45) is 11.8 Å². The quantitative estimate of drug-likeness (QED) is 0.373. The van der Waals surface area contributed by atoms with E-state index in [1.807, 2.05) is 0 Å². The van der Waals surface area contributed by atoms with Crippen molar-refractivity contribution in [1.29, 1.82) is 0 Å². The summed E-state index contributed by atoms with van der Waals surface area (Å²) in [5, 5.41) is -2.35. The van der Waals surface area contributed by atoms with Gasteiger partial charge in [0.25, 0.3) is 19.0 Å². The molecule has 0 nitrogen and oxygen atoms in total. The molecule has 2 bridgehead atoms. The highest BCUT2D eigenvalue weighted by Gasteiger charge is 2.90. The molecule has 0 amide bonds. The Hall–Kier alpha value is 0.377. The van der Waals surface area contributed by atoms with E-state index >= 15 is 0 Å². The van der Waals surface area contributed by atoms with Gasteiger partial charge in [0.05, 0.1) is 0 Å². The van der Waals surface area contributed by atoms with Gasteiger partial charge in [0.15, 0.2) is 0 Å². The van der Waals surface area contributed by atoms with Crippen LogP contribution in [0.2, 0.25) is 5.04 Å². The van der Waals surface area contributed by atoms with Gasteiger partial charge in [-0.15, -0.1) is 22.2 Å². The average molecular weight is 330 g/mol. The van der Waals surface area contributed by atoms with Crippen molar-refractivity contribution < 1.29 is 26.3 Å². The summed E-state index contributed by atoms with van der Waals surface area (Å²) in [4.78, 5) is 0. The van der Waals surface area contributed by atoms with E-state index in [0.29, 0.717) is 0 Å². The van der Waals surface area contributed by atoms with Gasteiger partial charge in [-0.1, -0.05) is 6.92 Å². The summed E-state index contributed by atoms with van der Waals surface area (Å²) in [5.41, 5.74) is -4.61. The third-order valence-corrected chi connectivity index (χ3v) is 7.91. The Kier molecular flexibility index (Phi) is 3.06. The lowest BCUT2D eigenvalue weighted by Gasteiger charge is -2.46. The molecule has 2 rings (SSSR count). The van der Waals surface area contributed by atoms with Gasteiger partial charge in [-0.25, -0.2) is 13.2 Å². The maximum absolute atomic E-state index is 14.4. The molecule has 2 saturated carbocycles. The summed E-state index contributed by atoms with van der Waals surface area (Å²) >= 11 is 11.1. The largest absolute Gasteiger partial charge is 0.428 e. The third-order valence-electron chi connectivity index (χ3n) is 4.26. The van der Waals surface area contributed by atoms with Crippen molar-refractivity contribution >= 4 is 29.6 Å². The van der Waals surface area contributed by atoms with Crippen LogP contribution in [0.5, 0.6) is 0 Å². The molecule has 4 unspecified atom stereocenters. The van der Waals surface area contributed by atoms with Gasteiger partial charge in [-0.2, -0.15) is 13.2 Å². The minimum Gasteiger partial charge on any atom is -0.227 e. The summed E-state index contributed by atoms with van der Waals surface area (Å²) in [6.45, 7) is 1.38. The highest BCUT2D eigenvalue weighted by atomic mass is 35.7. The van der Waals surface area contributed by atoms with Gasteiger partial charge in [0.2, 0.25) is 0 Å². The molecule has 0 heterocycles. The normalized spacial score (nSPS) is 47.0. The number of fused-ring (bicyclic) bond motifs is 2. The van der Waals surface area contributed by atoms with Gasteiger partial charge in [0.1, 0.15) is 0 Å². The van der Waals surface area contributed by atoms with Gasteiger partial charge in [-0.05, 0) is 18.8 Å². The van der Waals surface area contributed by atoms with E-state index in [-0.39, 0.29) is 6.42 Å². The fraction of sp³-hybridized carbons (Fsp3) is 1.00. The second-order valence-corrected chi connectivity index (χ2v) is 9.44. The molecule has 2 aliphatic carbocycles. The van der Waals surface area contributed by atoms with E-state index in [9.17, 15) is 26.3 Å². The Morgan fingerprint density at radius 3 is 2.00 bits per heavy atom. The second kappa shape index (κ2) is 3.72. The first kappa shape index (κ1) is 14.8. The molecule has 0 aromatic carbocycles. The highest BCUT2D eigenvalue weighted by Crippen LogP contribution is 2.79. The fourth-order valence-electron chi connectivity index (χ4n) is 3.44. The van der Waals surface area contributed by atoms with Crippen molar-refractivity contribution in [3.8, 4) is 0 Å². The minimum absolute atomic E-state index is 0.343. The van der Waals surface area contributed by atoms with Crippen molar-refractivity contribution in [2.45, 2.75) is 42.6 Å². The zero-order valence-corrected chi connectivity index (χ0v) is 11.6. The molecule has 9 heteroatoms. The third kappa shape index (κ3) is 1.36. The first-order valence-electron chi connectivity index (χ1n) is 5.23. The summed E-state index contributed by atoms with van der Waals surface area (Å²) in [6.07, 6.45) is -6.62. The van der Waals surface area contributed by atoms with Crippen LogP contribution < -0.4 is 0 Å². The van der Waals surface area contributed by atoms with Crippen LogP contribution in [-0.2, 0) is 0 Å². The molecule has 2 aliphatic rings. The molecule has 0 aromatic heterocycles. The molecular formula is C9H9Cl2F6Si. The van der Waals surface area contributed by atoms with Gasteiger partial charge >= 0.3 is 6.18 Å². The van der Waals surface area contributed by atoms with Crippen LogP contribution in [-0.4, -0.2) is 25.2 Å². The number of rotatable bonds is 1. The molecule has 0 N–H and O–H groups in total. The van der Waals surface area contributed by atoms with Crippen LogP contribution in [0.15, 0.2) is 0 Å². The van der Waals surface area contributed by atoms with Crippen LogP contribution in [0.25, 0.3) is 0 Å². The number of halogens is 8. The van der Waals surface area contributed by atoms with Crippen LogP contribution >= 0.6 is 22.2 Å². The van der Waals surface area contributed by atoms with E-state index in [4.69, 9.17) is 22.2 Å². The first-order valence-corrected chi connectivity index (χ1v) is 8.76. The smallest absolute Gasteiger partial charge is 0.227 e. The summed E-state index contributed by atoms with van der Waals surface area (Å²) in [6, 6.07) is 0. The fourth-order valence-corrected chi connectivity index (χ4v) is 6.56. The van der Waals surface area contributed by atoms with Crippen LogP contribution in [0, 0.1) is 11.8 Å². The predicted molar refractivity (Wildman–Crippen MR) is 56.9 cm³/mol. The maximum Gasteiger partial charge on any atom is 0.428 e. The zero-order chi connectivity index (χ0) is 14.1. The Bertz CT molecular complexity index is 373. The maximum atomic E-state index is 14.4. The van der Waals surface area contributed by atoms with Crippen LogP contribution in [0.4, 0.5) is 26.3 Å². The Labute approximate surface area is 111 Å². The summed E-state index contributed by atoms with van der Waals surface area (Å²) < 4.78 is 80.7. The molecule has 105 valence electrons. The van der Waals surface area contributed by atoms with E-state index in [1.165, 1.54) is 6.92 Å². The van der Waals surface area contributed by atoms with Crippen LogP contribution in [0.1, 0.15) is 19.8 Å². The van der Waals surface area contributed by atoms with E-state index in [2.05, 4.69) is 0 Å². The molecule has 18 heavy (non-hydrogen) atoms. The van der Waals surface area contributed by atoms with Crippen molar-refractivity contribution in [1.82, 2.24) is 0 Å². The number of hydrogen-bond acceptors (Lipinski definition) is 0. The summed E-state index contributed by atoms with van der Waals surface area (Å²) in [7, 11) is -2.90. The van der Waals surface area contributed by atoms with Gasteiger partial charge in [0, 0.05) is 11.0 Å². The predicted octanol–water partition coefficient (Wildman–Crippen LogP) is 4.66. The van der Waals surface area contributed by atoms with Gasteiger partial charge in [-0.3, -0.25) is 0 Å². The standard InChI is InChI=1S/C9H9Cl2F6Si/c1-4-2-6(18(10)11)3-5(4)7(12,13)8(6,14)9(15,16)17/h4-5H,2-3H2,1H3. The molecule has 1 radical (unpaired) electrons. The van der Waals surface area contributed by atoms with Gasteiger partial charge < -0.3 is 0 Å². The lowest BCUT2D eigenvalue weighted by atomic mass is 9.76. The van der Waals surface area contributed by atoms with Crippen molar-refractivity contribution in [3.63, 3.8) is 0 Å².